The van der Waals surface area contributed by atoms with Crippen LogP contribution in [0.5, 0.6) is 0 Å². The first-order valence-corrected chi connectivity index (χ1v) is 5.17. The first kappa shape index (κ1) is 14.3. The minimum atomic E-state index is -0.451. The molecule has 3 nitrogen and oxygen atoms in total. The van der Waals surface area contributed by atoms with Crippen LogP contribution in [0.1, 0.15) is 34.6 Å². The maximum absolute atomic E-state index is 5.75. The lowest BCUT2D eigenvalue weighted by Crippen LogP contribution is -2.36. The van der Waals surface area contributed by atoms with Crippen LogP contribution < -0.4 is 5.73 Å². The summed E-state index contributed by atoms with van der Waals surface area (Å²) in [6.45, 7) is 13.5. The fraction of sp³-hybridized carbons (Fsp3) is 0.636. The normalized spacial score (nSPS) is 13.1. The van der Waals surface area contributed by atoms with Gasteiger partial charge in [-0.15, -0.1) is 0 Å². The van der Waals surface area contributed by atoms with Gasteiger partial charge in [0.2, 0.25) is 0 Å². The number of allylic oxidation sites excluding steroid dienone is 2. The second-order valence-corrected chi connectivity index (χ2v) is 4.62. The zero-order valence-corrected chi connectivity index (χ0v) is 10.4. The molecule has 0 fully saturated rings. The summed E-state index contributed by atoms with van der Waals surface area (Å²) in [7, 11) is -0.451. The zero-order valence-electron chi connectivity index (χ0n) is 10.4. The van der Waals surface area contributed by atoms with E-state index < -0.39 is 7.12 Å². The highest BCUT2D eigenvalue weighted by Crippen LogP contribution is 2.16. The van der Waals surface area contributed by atoms with E-state index in [9.17, 15) is 0 Å². The van der Waals surface area contributed by atoms with E-state index in [1.54, 1.807) is 6.08 Å². The van der Waals surface area contributed by atoms with Gasteiger partial charge >= 0.3 is 7.12 Å². The van der Waals surface area contributed by atoms with Crippen LogP contribution in [0, 0.1) is 0 Å². The van der Waals surface area contributed by atoms with Gasteiger partial charge in [-0.1, -0.05) is 12.7 Å². The van der Waals surface area contributed by atoms with E-state index in [1.807, 2.05) is 34.6 Å². The van der Waals surface area contributed by atoms with Crippen molar-refractivity contribution < 1.29 is 9.31 Å². The Balaban J connectivity index is 4.65. The van der Waals surface area contributed by atoms with Crippen molar-refractivity contribution in [1.29, 1.82) is 0 Å². The minimum Gasteiger partial charge on any atom is -0.405 e. The molecule has 15 heavy (non-hydrogen) atoms. The molecule has 0 aromatic carbocycles. The third-order valence-electron chi connectivity index (χ3n) is 1.56. The summed E-state index contributed by atoms with van der Waals surface area (Å²) >= 11 is 0. The lowest BCUT2D eigenvalue weighted by molar-refractivity contribution is 0.0736. The zero-order chi connectivity index (χ0) is 12.1. The number of hydrogen-bond donors (Lipinski definition) is 1. The smallest absolute Gasteiger partial charge is 0.405 e. The lowest BCUT2D eigenvalue weighted by atomic mass is 9.77. The van der Waals surface area contributed by atoms with Gasteiger partial charge in [0, 0.05) is 11.7 Å². The van der Waals surface area contributed by atoms with Gasteiger partial charge in [0.25, 0.3) is 0 Å². The van der Waals surface area contributed by atoms with E-state index in [1.165, 1.54) is 6.20 Å². The van der Waals surface area contributed by atoms with Crippen LogP contribution in [0.2, 0.25) is 0 Å². The van der Waals surface area contributed by atoms with Gasteiger partial charge in [-0.25, -0.2) is 0 Å². The molecule has 2 N–H and O–H groups in total. The standard InChI is InChI=1S/C11H22BNO2/c1-7-10(8-13)12(14-9(2)3)15-11(4,5)6/h7-9H,1,13H2,2-6H3/b10-8+. The number of nitrogens with two attached hydrogens (primary N) is 1. The van der Waals surface area contributed by atoms with Crippen molar-refractivity contribution in [3.63, 3.8) is 0 Å². The molecule has 0 aliphatic heterocycles. The maximum atomic E-state index is 5.75. The molecule has 0 spiro atoms. The topological polar surface area (TPSA) is 44.5 Å². The molecule has 0 aromatic rings. The molecule has 0 aliphatic rings. The Morgan fingerprint density at radius 3 is 2.20 bits per heavy atom. The Hall–Kier alpha value is -0.735. The van der Waals surface area contributed by atoms with E-state index in [4.69, 9.17) is 15.0 Å². The molecule has 0 rings (SSSR count). The molecular weight excluding hydrogens is 189 g/mol. The van der Waals surface area contributed by atoms with Gasteiger partial charge in [0.15, 0.2) is 0 Å². The monoisotopic (exact) mass is 211 g/mol. The average molecular weight is 211 g/mol. The largest absolute Gasteiger partial charge is 0.495 e. The van der Waals surface area contributed by atoms with E-state index in [0.717, 1.165) is 5.47 Å². The summed E-state index contributed by atoms with van der Waals surface area (Å²) in [6, 6.07) is 0. The van der Waals surface area contributed by atoms with E-state index in [-0.39, 0.29) is 11.7 Å². The molecule has 0 heterocycles. The predicted octanol–water partition coefficient (Wildman–Crippen LogP) is 2.28. The van der Waals surface area contributed by atoms with Gasteiger partial charge in [-0.3, -0.25) is 0 Å². The van der Waals surface area contributed by atoms with Crippen molar-refractivity contribution in [3.05, 3.63) is 24.3 Å². The van der Waals surface area contributed by atoms with Crippen LogP contribution in [-0.2, 0) is 9.31 Å². The molecule has 0 amide bonds. The Bertz CT molecular complexity index is 231. The van der Waals surface area contributed by atoms with Gasteiger partial charge < -0.3 is 15.0 Å². The highest BCUT2D eigenvalue weighted by molar-refractivity contribution is 6.54. The van der Waals surface area contributed by atoms with Crippen LogP contribution in [0.25, 0.3) is 0 Å². The third-order valence-corrected chi connectivity index (χ3v) is 1.56. The summed E-state index contributed by atoms with van der Waals surface area (Å²) in [5, 5.41) is 0. The molecule has 0 bridgehead atoms. The molecule has 86 valence electrons. The fourth-order valence-electron chi connectivity index (χ4n) is 0.986. The summed E-state index contributed by atoms with van der Waals surface area (Å²) in [5.74, 6) is 0. The van der Waals surface area contributed by atoms with Crippen molar-refractivity contribution in [1.82, 2.24) is 0 Å². The first-order valence-electron chi connectivity index (χ1n) is 5.17. The average Bonchev–Trinajstić information content (AvgIpc) is 2.01. The van der Waals surface area contributed by atoms with Crippen molar-refractivity contribution in [2.24, 2.45) is 5.73 Å². The van der Waals surface area contributed by atoms with Crippen LogP contribution in [0.3, 0.4) is 0 Å². The van der Waals surface area contributed by atoms with Crippen molar-refractivity contribution in [2.45, 2.75) is 46.3 Å². The minimum absolute atomic E-state index is 0.0762. The molecule has 0 aromatic heterocycles. The van der Waals surface area contributed by atoms with Crippen LogP contribution >= 0.6 is 0 Å². The van der Waals surface area contributed by atoms with E-state index in [0.29, 0.717) is 0 Å². The van der Waals surface area contributed by atoms with Crippen LogP contribution in [-0.4, -0.2) is 18.8 Å². The summed E-state index contributed by atoms with van der Waals surface area (Å²) in [6.07, 6.45) is 3.19. The van der Waals surface area contributed by atoms with E-state index >= 15 is 0 Å². The summed E-state index contributed by atoms with van der Waals surface area (Å²) in [4.78, 5) is 0. The third kappa shape index (κ3) is 6.36. The van der Waals surface area contributed by atoms with Crippen molar-refractivity contribution in [2.75, 3.05) is 0 Å². The number of hydrogen-bond acceptors (Lipinski definition) is 3. The second-order valence-electron chi connectivity index (χ2n) is 4.62. The Morgan fingerprint density at radius 1 is 1.40 bits per heavy atom. The van der Waals surface area contributed by atoms with Crippen molar-refractivity contribution >= 4 is 7.12 Å². The highest BCUT2D eigenvalue weighted by Gasteiger charge is 2.28. The SMILES string of the molecule is C=C/C(=C\N)B(OC(C)C)OC(C)(C)C. The molecule has 0 aliphatic carbocycles. The van der Waals surface area contributed by atoms with Gasteiger partial charge in [0.05, 0.1) is 0 Å². The lowest BCUT2D eigenvalue weighted by Gasteiger charge is -2.26. The Labute approximate surface area is 93.5 Å². The molecule has 4 heteroatoms. The maximum Gasteiger partial charge on any atom is 0.495 e. The molecule has 0 unspecified atom stereocenters. The Kier molecular flexibility index (Phi) is 5.69. The first-order chi connectivity index (χ1) is 6.80. The predicted molar refractivity (Wildman–Crippen MR) is 65.3 cm³/mol. The fourth-order valence-corrected chi connectivity index (χ4v) is 0.986. The second kappa shape index (κ2) is 5.98. The summed E-state index contributed by atoms with van der Waals surface area (Å²) < 4.78 is 11.4. The molecular formula is C11H22BNO2. The van der Waals surface area contributed by atoms with E-state index in [2.05, 4.69) is 6.58 Å². The van der Waals surface area contributed by atoms with Crippen LogP contribution in [0.4, 0.5) is 0 Å². The van der Waals surface area contributed by atoms with Crippen molar-refractivity contribution in [3.8, 4) is 0 Å². The summed E-state index contributed by atoms with van der Waals surface area (Å²) in [5.41, 5.74) is 5.95. The quantitative estimate of drug-likeness (QED) is 0.560. The molecule has 0 saturated carbocycles. The van der Waals surface area contributed by atoms with Crippen LogP contribution in [0.15, 0.2) is 24.3 Å². The van der Waals surface area contributed by atoms with Gasteiger partial charge in [-0.05, 0) is 46.3 Å². The van der Waals surface area contributed by atoms with Gasteiger partial charge in [0.1, 0.15) is 0 Å². The molecule has 0 atom stereocenters. The Morgan fingerprint density at radius 2 is 1.93 bits per heavy atom. The van der Waals surface area contributed by atoms with Gasteiger partial charge in [-0.2, -0.15) is 0 Å². The highest BCUT2D eigenvalue weighted by atomic mass is 16.6. The molecule has 0 saturated heterocycles. The molecule has 0 radical (unpaired) electrons. The number of rotatable bonds is 5.